The van der Waals surface area contributed by atoms with Gasteiger partial charge in [-0.25, -0.2) is 9.37 Å². The number of rotatable bonds is 6. The van der Waals surface area contributed by atoms with Crippen molar-refractivity contribution in [1.29, 1.82) is 0 Å². The minimum absolute atomic E-state index is 0.0321. The number of nitrogens with zero attached hydrogens (tertiary/aromatic N) is 2. The van der Waals surface area contributed by atoms with Crippen molar-refractivity contribution in [3.05, 3.63) is 90.3 Å². The molecular formula is C26H18FN3O5. The summed E-state index contributed by atoms with van der Waals surface area (Å²) in [5.74, 6) is -1.17. The van der Waals surface area contributed by atoms with Gasteiger partial charge >= 0.3 is 5.97 Å². The van der Waals surface area contributed by atoms with Crippen molar-refractivity contribution in [2.75, 3.05) is 12.4 Å². The standard InChI is InChI=1S/C26H18FN3O5/c1-33-23(31)11-15-4-6-16(7-5-15)17-12-22-24(28-14-17)30-26(35-22)19-13-18(8-9-20(19)27)29-25(32)21-3-2-10-34-21/h2-10,12-14H,11H2,1H3,(H,29,32). The molecule has 3 aromatic heterocycles. The number of benzene rings is 2. The van der Waals surface area contributed by atoms with E-state index in [2.05, 4.69) is 20.0 Å². The molecule has 0 saturated heterocycles. The van der Waals surface area contributed by atoms with Gasteiger partial charge in [0.25, 0.3) is 5.91 Å². The van der Waals surface area contributed by atoms with Gasteiger partial charge < -0.3 is 18.9 Å². The number of methoxy groups -OCH3 is 1. The molecule has 35 heavy (non-hydrogen) atoms. The van der Waals surface area contributed by atoms with Crippen LogP contribution in [0, 0.1) is 5.82 Å². The molecule has 0 saturated carbocycles. The monoisotopic (exact) mass is 471 g/mol. The molecule has 0 radical (unpaired) electrons. The molecule has 8 nitrogen and oxygen atoms in total. The molecule has 1 N–H and O–H groups in total. The van der Waals surface area contributed by atoms with Gasteiger partial charge in [-0.1, -0.05) is 24.3 Å². The smallest absolute Gasteiger partial charge is 0.309 e. The van der Waals surface area contributed by atoms with Crippen LogP contribution in [0.25, 0.3) is 33.8 Å². The number of hydrogen-bond acceptors (Lipinski definition) is 7. The predicted molar refractivity (Wildman–Crippen MR) is 125 cm³/mol. The molecule has 3 heterocycles. The number of anilines is 1. The van der Waals surface area contributed by atoms with Crippen molar-refractivity contribution in [3.8, 4) is 22.6 Å². The number of ether oxygens (including phenoxy) is 1. The van der Waals surface area contributed by atoms with Crippen LogP contribution in [-0.4, -0.2) is 29.0 Å². The van der Waals surface area contributed by atoms with E-state index < -0.39 is 11.7 Å². The molecule has 2 aromatic carbocycles. The molecule has 0 aliphatic heterocycles. The fourth-order valence-corrected chi connectivity index (χ4v) is 3.51. The number of esters is 1. The van der Waals surface area contributed by atoms with Crippen LogP contribution >= 0.6 is 0 Å². The summed E-state index contributed by atoms with van der Waals surface area (Å²) < 4.78 is 30.2. The zero-order chi connectivity index (χ0) is 24.4. The second-order valence-electron chi connectivity index (χ2n) is 7.64. The molecule has 0 atom stereocenters. The highest BCUT2D eigenvalue weighted by Crippen LogP contribution is 2.30. The zero-order valence-electron chi connectivity index (χ0n) is 18.4. The summed E-state index contributed by atoms with van der Waals surface area (Å²) >= 11 is 0. The summed E-state index contributed by atoms with van der Waals surface area (Å²) in [5, 5.41) is 2.65. The first-order valence-corrected chi connectivity index (χ1v) is 10.6. The Morgan fingerprint density at radius 2 is 1.89 bits per heavy atom. The molecule has 9 heteroatoms. The highest BCUT2D eigenvalue weighted by molar-refractivity contribution is 6.02. The Morgan fingerprint density at radius 1 is 1.06 bits per heavy atom. The highest BCUT2D eigenvalue weighted by atomic mass is 19.1. The molecule has 0 fully saturated rings. The number of fused-ring (bicyclic) bond motifs is 1. The van der Waals surface area contributed by atoms with Crippen LogP contribution in [0.15, 0.2) is 82.0 Å². The topological polar surface area (TPSA) is 107 Å². The van der Waals surface area contributed by atoms with E-state index in [0.717, 1.165) is 16.7 Å². The first kappa shape index (κ1) is 22.0. The molecule has 0 bridgehead atoms. The molecule has 0 spiro atoms. The molecule has 5 rings (SSSR count). The second kappa shape index (κ2) is 9.22. The van der Waals surface area contributed by atoms with Crippen LogP contribution in [0.5, 0.6) is 0 Å². The van der Waals surface area contributed by atoms with Gasteiger partial charge in [-0.15, -0.1) is 0 Å². The third-order valence-corrected chi connectivity index (χ3v) is 5.31. The first-order valence-electron chi connectivity index (χ1n) is 10.6. The zero-order valence-corrected chi connectivity index (χ0v) is 18.4. The number of oxazole rings is 1. The number of carbonyl (C=O) groups is 2. The SMILES string of the molecule is COC(=O)Cc1ccc(-c2cnc3nc(-c4cc(NC(=O)c5ccco5)ccc4F)oc3c2)cc1. The van der Waals surface area contributed by atoms with Crippen LogP contribution in [0.4, 0.5) is 10.1 Å². The normalized spacial score (nSPS) is 10.9. The van der Waals surface area contributed by atoms with E-state index in [1.807, 2.05) is 24.3 Å². The molecular weight excluding hydrogens is 453 g/mol. The Hall–Kier alpha value is -4.79. The van der Waals surface area contributed by atoms with Gasteiger partial charge in [0.1, 0.15) is 5.82 Å². The van der Waals surface area contributed by atoms with Gasteiger partial charge in [-0.2, -0.15) is 4.98 Å². The minimum Gasteiger partial charge on any atom is -0.469 e. The summed E-state index contributed by atoms with van der Waals surface area (Å²) in [5.41, 5.74) is 3.58. The van der Waals surface area contributed by atoms with Crippen molar-refractivity contribution in [1.82, 2.24) is 9.97 Å². The number of carbonyl (C=O) groups excluding carboxylic acids is 2. The van der Waals surface area contributed by atoms with E-state index in [4.69, 9.17) is 8.83 Å². The lowest BCUT2D eigenvalue weighted by Gasteiger charge is -2.05. The van der Waals surface area contributed by atoms with Crippen molar-refractivity contribution >= 4 is 28.8 Å². The van der Waals surface area contributed by atoms with Crippen molar-refractivity contribution in [3.63, 3.8) is 0 Å². The summed E-state index contributed by atoms with van der Waals surface area (Å²) in [7, 11) is 1.35. The number of furan rings is 1. The van der Waals surface area contributed by atoms with Gasteiger partial charge in [0, 0.05) is 17.4 Å². The highest BCUT2D eigenvalue weighted by Gasteiger charge is 2.17. The fraction of sp³-hybridized carbons (Fsp3) is 0.0769. The van der Waals surface area contributed by atoms with E-state index in [0.29, 0.717) is 16.9 Å². The summed E-state index contributed by atoms with van der Waals surface area (Å²) in [4.78, 5) is 32.3. The Balaban J connectivity index is 1.41. The second-order valence-corrected chi connectivity index (χ2v) is 7.64. The van der Waals surface area contributed by atoms with E-state index in [9.17, 15) is 14.0 Å². The maximum atomic E-state index is 14.6. The molecule has 174 valence electrons. The summed E-state index contributed by atoms with van der Waals surface area (Å²) in [6.45, 7) is 0. The first-order chi connectivity index (χ1) is 17.0. The van der Waals surface area contributed by atoms with Crippen molar-refractivity contribution in [2.24, 2.45) is 0 Å². The van der Waals surface area contributed by atoms with Crippen LogP contribution in [0.3, 0.4) is 0 Å². The number of nitrogens with one attached hydrogen (secondary N) is 1. The van der Waals surface area contributed by atoms with Crippen LogP contribution in [0.1, 0.15) is 16.1 Å². The summed E-state index contributed by atoms with van der Waals surface area (Å²) in [6.07, 6.45) is 3.22. The van der Waals surface area contributed by atoms with Gasteiger partial charge in [0.2, 0.25) is 5.89 Å². The number of hydrogen-bond donors (Lipinski definition) is 1. The third-order valence-electron chi connectivity index (χ3n) is 5.31. The Kier molecular flexibility index (Phi) is 5.80. The van der Waals surface area contributed by atoms with Gasteiger partial charge in [0.05, 0.1) is 25.4 Å². The largest absolute Gasteiger partial charge is 0.469 e. The van der Waals surface area contributed by atoms with E-state index >= 15 is 0 Å². The Labute approximate surface area is 198 Å². The average Bonchev–Trinajstić information content (AvgIpc) is 3.55. The average molecular weight is 471 g/mol. The van der Waals surface area contributed by atoms with E-state index in [1.54, 1.807) is 18.3 Å². The number of pyridine rings is 1. The lowest BCUT2D eigenvalue weighted by Crippen LogP contribution is -2.10. The van der Waals surface area contributed by atoms with Crippen molar-refractivity contribution in [2.45, 2.75) is 6.42 Å². The predicted octanol–water partition coefficient (Wildman–Crippen LogP) is 5.26. The van der Waals surface area contributed by atoms with E-state index in [1.165, 1.54) is 37.6 Å². The number of amides is 1. The quantitative estimate of drug-likeness (QED) is 0.337. The van der Waals surface area contributed by atoms with E-state index in [-0.39, 0.29) is 29.6 Å². The molecule has 0 aliphatic carbocycles. The molecule has 1 amide bonds. The molecule has 5 aromatic rings. The van der Waals surface area contributed by atoms with Gasteiger partial charge in [-0.3, -0.25) is 9.59 Å². The maximum Gasteiger partial charge on any atom is 0.309 e. The van der Waals surface area contributed by atoms with Gasteiger partial charge in [0.15, 0.2) is 17.0 Å². The fourth-order valence-electron chi connectivity index (χ4n) is 3.51. The maximum absolute atomic E-state index is 14.6. The third kappa shape index (κ3) is 4.65. The molecule has 0 aliphatic rings. The minimum atomic E-state index is -0.561. The van der Waals surface area contributed by atoms with Gasteiger partial charge in [-0.05, 0) is 47.5 Å². The number of aromatic nitrogens is 2. The van der Waals surface area contributed by atoms with Crippen molar-refractivity contribution < 1.29 is 27.6 Å². The lowest BCUT2D eigenvalue weighted by molar-refractivity contribution is -0.139. The lowest BCUT2D eigenvalue weighted by atomic mass is 10.0. The van der Waals surface area contributed by atoms with Crippen LogP contribution in [0.2, 0.25) is 0 Å². The number of halogens is 1. The Morgan fingerprint density at radius 3 is 2.63 bits per heavy atom. The van der Waals surface area contributed by atoms with Crippen LogP contribution in [-0.2, 0) is 16.0 Å². The van der Waals surface area contributed by atoms with Crippen LogP contribution < -0.4 is 5.32 Å². The summed E-state index contributed by atoms with van der Waals surface area (Å²) in [6, 6.07) is 16.4. The molecule has 0 unspecified atom stereocenters. The Bertz CT molecular complexity index is 1520.